The molecule has 0 spiro atoms. The highest BCUT2D eigenvalue weighted by atomic mass is 35.5. The zero-order chi connectivity index (χ0) is 14.4. The van der Waals surface area contributed by atoms with Crippen LogP contribution in [-0.2, 0) is 9.53 Å². The highest BCUT2D eigenvalue weighted by Gasteiger charge is 2.17. The molecule has 0 bridgehead atoms. The van der Waals surface area contributed by atoms with Crippen LogP contribution >= 0.6 is 11.6 Å². The Balaban J connectivity index is 2.64. The van der Waals surface area contributed by atoms with Gasteiger partial charge in [0.2, 0.25) is 0 Å². The van der Waals surface area contributed by atoms with Crippen molar-refractivity contribution in [2.24, 2.45) is 0 Å². The second kappa shape index (κ2) is 6.86. The number of aliphatic carboxylic acids is 1. The average molecular weight is 293 g/mol. The van der Waals surface area contributed by atoms with Gasteiger partial charge in [0.1, 0.15) is 18.1 Å². The number of halogens is 2. The molecule has 1 aromatic rings. The average Bonchev–Trinajstić information content (AvgIpc) is 2.32. The second-order valence-electron chi connectivity index (χ2n) is 3.41. The fourth-order valence-corrected chi connectivity index (χ4v) is 1.41. The van der Waals surface area contributed by atoms with Crippen molar-refractivity contribution in [3.8, 4) is 0 Å². The van der Waals surface area contributed by atoms with Crippen LogP contribution in [0.3, 0.4) is 0 Å². The number of hydrogen-bond acceptors (Lipinski definition) is 5. The van der Waals surface area contributed by atoms with Crippen molar-refractivity contribution in [2.45, 2.75) is 0 Å². The first-order chi connectivity index (χ1) is 8.91. The number of carboxylic acid groups (broad SMARTS) is 1. The summed E-state index contributed by atoms with van der Waals surface area (Å²) in [5.74, 6) is -2.00. The van der Waals surface area contributed by atoms with E-state index in [0.717, 1.165) is 6.07 Å². The van der Waals surface area contributed by atoms with Crippen LogP contribution < -0.4 is 5.32 Å². The Labute approximate surface area is 112 Å². The molecule has 9 heteroatoms. The third-order valence-electron chi connectivity index (χ3n) is 2.02. The van der Waals surface area contributed by atoms with Crippen LogP contribution in [0.1, 0.15) is 0 Å². The minimum atomic E-state index is -1.11. The number of nitro groups is 1. The quantitative estimate of drug-likeness (QED) is 0.452. The molecule has 104 valence electrons. The molecule has 0 saturated heterocycles. The molecule has 0 unspecified atom stereocenters. The van der Waals surface area contributed by atoms with E-state index in [-0.39, 0.29) is 23.9 Å². The Morgan fingerprint density at radius 3 is 2.84 bits per heavy atom. The van der Waals surface area contributed by atoms with Gasteiger partial charge in [0, 0.05) is 6.54 Å². The molecule has 0 atom stereocenters. The molecule has 0 radical (unpaired) electrons. The summed E-state index contributed by atoms with van der Waals surface area (Å²) in [6.45, 7) is -0.317. The Morgan fingerprint density at radius 2 is 2.26 bits per heavy atom. The van der Waals surface area contributed by atoms with Crippen LogP contribution in [0.15, 0.2) is 12.1 Å². The minimum absolute atomic E-state index is 0.0262. The molecule has 0 aliphatic rings. The van der Waals surface area contributed by atoms with E-state index in [9.17, 15) is 19.3 Å². The van der Waals surface area contributed by atoms with Crippen molar-refractivity contribution in [2.75, 3.05) is 25.1 Å². The lowest BCUT2D eigenvalue weighted by atomic mass is 10.2. The minimum Gasteiger partial charge on any atom is -0.480 e. The first-order valence-electron chi connectivity index (χ1n) is 5.08. The Hall–Kier alpha value is -1.93. The molecule has 19 heavy (non-hydrogen) atoms. The first-order valence-corrected chi connectivity index (χ1v) is 5.46. The normalized spacial score (nSPS) is 10.2. The Kier molecular flexibility index (Phi) is 5.46. The number of hydrogen-bond donors (Lipinski definition) is 2. The van der Waals surface area contributed by atoms with Crippen molar-refractivity contribution < 1.29 is 24.0 Å². The molecule has 0 aliphatic heterocycles. The van der Waals surface area contributed by atoms with Gasteiger partial charge in [-0.15, -0.1) is 0 Å². The van der Waals surface area contributed by atoms with Gasteiger partial charge in [0.05, 0.1) is 22.6 Å². The molecular formula is C10H10ClFN2O5. The van der Waals surface area contributed by atoms with Gasteiger partial charge in [-0.3, -0.25) is 10.1 Å². The number of anilines is 1. The lowest BCUT2D eigenvalue weighted by molar-refractivity contribution is -0.384. The van der Waals surface area contributed by atoms with Gasteiger partial charge in [-0.2, -0.15) is 0 Å². The fourth-order valence-electron chi connectivity index (χ4n) is 1.25. The maximum Gasteiger partial charge on any atom is 0.329 e. The zero-order valence-corrected chi connectivity index (χ0v) is 10.3. The van der Waals surface area contributed by atoms with E-state index in [1.807, 2.05) is 0 Å². The topological polar surface area (TPSA) is 102 Å². The number of carbonyl (C=O) groups is 1. The van der Waals surface area contributed by atoms with Gasteiger partial charge in [-0.25, -0.2) is 9.18 Å². The van der Waals surface area contributed by atoms with Crippen LogP contribution in [0.5, 0.6) is 0 Å². The van der Waals surface area contributed by atoms with E-state index in [0.29, 0.717) is 6.07 Å². The Bertz CT molecular complexity index is 497. The molecule has 0 heterocycles. The molecule has 7 nitrogen and oxygen atoms in total. The van der Waals surface area contributed by atoms with Gasteiger partial charge < -0.3 is 15.2 Å². The highest BCUT2D eigenvalue weighted by molar-refractivity contribution is 6.31. The van der Waals surface area contributed by atoms with E-state index in [4.69, 9.17) is 21.4 Å². The number of rotatable bonds is 7. The lowest BCUT2D eigenvalue weighted by Crippen LogP contribution is -2.14. The second-order valence-corrected chi connectivity index (χ2v) is 3.82. The summed E-state index contributed by atoms with van der Waals surface area (Å²) in [5, 5.41) is 21.4. The molecule has 0 saturated carbocycles. The van der Waals surface area contributed by atoms with Gasteiger partial charge in [0.25, 0.3) is 5.69 Å². The summed E-state index contributed by atoms with van der Waals surface area (Å²) in [7, 11) is 0. The lowest BCUT2D eigenvalue weighted by Gasteiger charge is -2.08. The SMILES string of the molecule is O=C(O)COCCNc1cc(Cl)c(F)cc1[N+](=O)[O-]. The van der Waals surface area contributed by atoms with Gasteiger partial charge in [0.15, 0.2) is 0 Å². The van der Waals surface area contributed by atoms with Gasteiger partial charge in [-0.1, -0.05) is 11.6 Å². The van der Waals surface area contributed by atoms with Crippen molar-refractivity contribution in [1.82, 2.24) is 0 Å². The van der Waals surface area contributed by atoms with Crippen molar-refractivity contribution >= 4 is 28.9 Å². The van der Waals surface area contributed by atoms with Crippen LogP contribution in [0.25, 0.3) is 0 Å². The van der Waals surface area contributed by atoms with E-state index >= 15 is 0 Å². The number of benzene rings is 1. The van der Waals surface area contributed by atoms with Crippen LogP contribution in [0.2, 0.25) is 5.02 Å². The molecule has 2 N–H and O–H groups in total. The number of ether oxygens (including phenoxy) is 1. The standard InChI is InChI=1S/C10H10ClFN2O5/c11-6-3-8(9(14(17)18)4-7(6)12)13-1-2-19-5-10(15)16/h3-4,13H,1-2,5H2,(H,15,16). The summed E-state index contributed by atoms with van der Waals surface area (Å²) < 4.78 is 17.8. The highest BCUT2D eigenvalue weighted by Crippen LogP contribution is 2.29. The number of carboxylic acids is 1. The first kappa shape index (κ1) is 15.1. The van der Waals surface area contributed by atoms with E-state index in [1.54, 1.807) is 0 Å². The molecule has 0 aliphatic carbocycles. The number of nitrogens with zero attached hydrogens (tertiary/aromatic N) is 1. The number of nitro benzene ring substituents is 1. The van der Waals surface area contributed by atoms with E-state index in [2.05, 4.69) is 5.32 Å². The Morgan fingerprint density at radius 1 is 1.58 bits per heavy atom. The summed E-state index contributed by atoms with van der Waals surface area (Å²) in [6, 6.07) is 1.80. The maximum absolute atomic E-state index is 13.1. The van der Waals surface area contributed by atoms with E-state index in [1.165, 1.54) is 0 Å². The smallest absolute Gasteiger partial charge is 0.329 e. The van der Waals surface area contributed by atoms with Crippen LogP contribution in [0.4, 0.5) is 15.8 Å². The molecular weight excluding hydrogens is 283 g/mol. The van der Waals surface area contributed by atoms with Crippen molar-refractivity contribution in [1.29, 1.82) is 0 Å². The van der Waals surface area contributed by atoms with E-state index < -0.39 is 29.0 Å². The largest absolute Gasteiger partial charge is 0.480 e. The predicted octanol–water partition coefficient (Wildman–Crippen LogP) is 1.90. The molecule has 1 aromatic carbocycles. The van der Waals surface area contributed by atoms with Crippen LogP contribution in [-0.4, -0.2) is 35.8 Å². The molecule has 0 fully saturated rings. The molecule has 1 rings (SSSR count). The monoisotopic (exact) mass is 292 g/mol. The fraction of sp³-hybridized carbons (Fsp3) is 0.300. The van der Waals surface area contributed by atoms with Crippen LogP contribution in [0, 0.1) is 15.9 Å². The summed E-state index contributed by atoms with van der Waals surface area (Å²) in [5.41, 5.74) is -0.421. The summed E-state index contributed by atoms with van der Waals surface area (Å²) >= 11 is 5.53. The third kappa shape index (κ3) is 4.68. The van der Waals surface area contributed by atoms with Crippen molar-refractivity contribution in [3.05, 3.63) is 33.1 Å². The number of nitrogens with one attached hydrogen (secondary N) is 1. The van der Waals surface area contributed by atoms with Gasteiger partial charge >= 0.3 is 5.97 Å². The third-order valence-corrected chi connectivity index (χ3v) is 2.31. The predicted molar refractivity (Wildman–Crippen MR) is 65.0 cm³/mol. The molecule has 0 aromatic heterocycles. The van der Waals surface area contributed by atoms with Crippen molar-refractivity contribution in [3.63, 3.8) is 0 Å². The maximum atomic E-state index is 13.1. The molecule has 0 amide bonds. The summed E-state index contributed by atoms with van der Waals surface area (Å²) in [6.07, 6.45) is 0. The zero-order valence-electron chi connectivity index (χ0n) is 9.56. The van der Waals surface area contributed by atoms with Gasteiger partial charge in [-0.05, 0) is 6.07 Å². The summed E-state index contributed by atoms with van der Waals surface area (Å²) in [4.78, 5) is 20.1.